The van der Waals surface area contributed by atoms with Crippen molar-refractivity contribution < 1.29 is 13.7 Å². The van der Waals surface area contributed by atoms with Crippen molar-refractivity contribution in [1.82, 2.24) is 10.5 Å². The molecule has 0 unspecified atom stereocenters. The van der Waals surface area contributed by atoms with E-state index >= 15 is 0 Å². The Morgan fingerprint density at radius 3 is 2.83 bits per heavy atom. The van der Waals surface area contributed by atoms with Crippen molar-refractivity contribution >= 4 is 35.6 Å². The predicted molar refractivity (Wildman–Crippen MR) is 92.2 cm³/mol. The molecule has 0 spiro atoms. The quantitative estimate of drug-likeness (QED) is 0.542. The zero-order valence-corrected chi connectivity index (χ0v) is 14.1. The molecule has 2 aromatic rings. The number of hydrogen-bond acceptors (Lipinski definition) is 4. The third-order valence-corrected chi connectivity index (χ3v) is 4.00. The van der Waals surface area contributed by atoms with Crippen LogP contribution in [-0.4, -0.2) is 17.7 Å². The van der Waals surface area contributed by atoms with Gasteiger partial charge in [-0.15, -0.1) is 0 Å². The number of nitrogens with zero attached hydrogens (tertiary/aromatic N) is 2. The number of amides is 2. The number of unbranched alkanes of at least 4 members (excludes halogenated alkanes) is 5. The SMILES string of the molecule is CCCCCCCCNC(=O)N(S)c1noc2c(F)cccc12. The van der Waals surface area contributed by atoms with Gasteiger partial charge in [0.05, 0.1) is 5.39 Å². The van der Waals surface area contributed by atoms with E-state index in [1.807, 2.05) is 0 Å². The molecule has 1 heterocycles. The Labute approximate surface area is 140 Å². The minimum absolute atomic E-state index is 0.0188. The Balaban J connectivity index is 1.83. The number of carbonyl (C=O) groups excluding carboxylic acids is 1. The van der Waals surface area contributed by atoms with E-state index in [2.05, 4.69) is 30.2 Å². The molecule has 7 heteroatoms. The van der Waals surface area contributed by atoms with Crippen LogP contribution in [0.2, 0.25) is 0 Å². The first-order chi connectivity index (χ1) is 11.1. The molecule has 0 saturated carbocycles. The average molecular weight is 339 g/mol. The zero-order valence-electron chi connectivity index (χ0n) is 13.2. The number of aromatic nitrogens is 1. The first-order valence-corrected chi connectivity index (χ1v) is 8.36. The number of anilines is 1. The molecule has 0 atom stereocenters. The van der Waals surface area contributed by atoms with E-state index in [-0.39, 0.29) is 11.4 Å². The summed E-state index contributed by atoms with van der Waals surface area (Å²) < 4.78 is 19.5. The highest BCUT2D eigenvalue weighted by atomic mass is 32.1. The summed E-state index contributed by atoms with van der Waals surface area (Å²) in [7, 11) is 0. The number of halogens is 1. The van der Waals surface area contributed by atoms with E-state index in [4.69, 9.17) is 4.52 Å². The lowest BCUT2D eigenvalue weighted by Crippen LogP contribution is -2.34. The number of rotatable bonds is 8. The Morgan fingerprint density at radius 1 is 1.30 bits per heavy atom. The van der Waals surface area contributed by atoms with E-state index in [0.29, 0.717) is 11.9 Å². The average Bonchev–Trinajstić information content (AvgIpc) is 2.98. The largest absolute Gasteiger partial charge is 0.351 e. The number of carbonyl (C=O) groups is 1. The third kappa shape index (κ3) is 4.60. The molecule has 0 aliphatic carbocycles. The molecular formula is C16H22FN3O2S. The minimum atomic E-state index is -0.518. The van der Waals surface area contributed by atoms with Crippen LogP contribution >= 0.6 is 12.8 Å². The summed E-state index contributed by atoms with van der Waals surface area (Å²) in [6, 6.07) is 4.04. The molecule has 0 fully saturated rings. The van der Waals surface area contributed by atoms with Gasteiger partial charge in [0, 0.05) is 6.54 Å². The molecule has 0 saturated heterocycles. The summed E-state index contributed by atoms with van der Waals surface area (Å²) in [4.78, 5) is 12.1. The van der Waals surface area contributed by atoms with Crippen molar-refractivity contribution in [2.24, 2.45) is 0 Å². The molecule has 2 rings (SSSR count). The Kier molecular flexibility index (Phi) is 6.70. The van der Waals surface area contributed by atoms with Crippen LogP contribution in [0, 0.1) is 5.82 Å². The van der Waals surface area contributed by atoms with Crippen LogP contribution < -0.4 is 9.62 Å². The molecule has 2 amide bonds. The van der Waals surface area contributed by atoms with E-state index in [1.165, 1.54) is 37.8 Å². The summed E-state index contributed by atoms with van der Waals surface area (Å²) in [5.74, 6) is -0.334. The van der Waals surface area contributed by atoms with Gasteiger partial charge in [-0.1, -0.05) is 63.1 Å². The van der Waals surface area contributed by atoms with Crippen LogP contribution in [0.1, 0.15) is 45.4 Å². The van der Waals surface area contributed by atoms with Gasteiger partial charge in [-0.05, 0) is 18.6 Å². The van der Waals surface area contributed by atoms with E-state index in [1.54, 1.807) is 6.07 Å². The summed E-state index contributed by atoms with van der Waals surface area (Å²) in [5, 5.41) is 6.92. The maximum atomic E-state index is 13.6. The predicted octanol–water partition coefficient (Wildman–Crippen LogP) is 4.69. The van der Waals surface area contributed by atoms with Gasteiger partial charge >= 0.3 is 6.03 Å². The summed E-state index contributed by atoms with van der Waals surface area (Å²) in [5.41, 5.74) is 0.0188. The Morgan fingerprint density at radius 2 is 2.04 bits per heavy atom. The first-order valence-electron chi connectivity index (χ1n) is 7.96. The number of para-hydroxylation sites is 1. The van der Waals surface area contributed by atoms with Crippen LogP contribution in [0.4, 0.5) is 15.0 Å². The van der Waals surface area contributed by atoms with Crippen LogP contribution in [0.3, 0.4) is 0 Å². The fourth-order valence-electron chi connectivity index (χ4n) is 2.34. The molecule has 0 bridgehead atoms. The standard InChI is InChI=1S/C16H22FN3O2S/c1-2-3-4-5-6-7-11-18-16(21)20(23)15-12-9-8-10-13(17)14(12)22-19-15/h8-10,23H,2-7,11H2,1H3,(H,18,21). The van der Waals surface area contributed by atoms with Gasteiger partial charge in [0.25, 0.3) is 0 Å². The van der Waals surface area contributed by atoms with Crippen molar-refractivity contribution in [2.45, 2.75) is 45.4 Å². The highest BCUT2D eigenvalue weighted by Crippen LogP contribution is 2.28. The highest BCUT2D eigenvalue weighted by Gasteiger charge is 2.20. The maximum absolute atomic E-state index is 13.6. The second-order valence-electron chi connectivity index (χ2n) is 5.43. The highest BCUT2D eigenvalue weighted by molar-refractivity contribution is 7.82. The Bertz CT molecular complexity index is 647. The molecule has 23 heavy (non-hydrogen) atoms. The molecule has 0 radical (unpaired) electrons. The van der Waals surface area contributed by atoms with Crippen LogP contribution in [0.25, 0.3) is 11.0 Å². The molecule has 1 N–H and O–H groups in total. The molecule has 1 aromatic heterocycles. The Hall–Kier alpha value is -1.76. The topological polar surface area (TPSA) is 58.4 Å². The number of benzene rings is 1. The molecular weight excluding hydrogens is 317 g/mol. The van der Waals surface area contributed by atoms with Gasteiger partial charge in [0.15, 0.2) is 11.6 Å². The van der Waals surface area contributed by atoms with Gasteiger partial charge in [-0.25, -0.2) is 13.5 Å². The van der Waals surface area contributed by atoms with Crippen molar-refractivity contribution in [1.29, 1.82) is 0 Å². The number of hydrogen-bond donors (Lipinski definition) is 2. The van der Waals surface area contributed by atoms with Crippen molar-refractivity contribution in [3.05, 3.63) is 24.0 Å². The lowest BCUT2D eigenvalue weighted by molar-refractivity contribution is 0.249. The smallest absolute Gasteiger partial charge is 0.333 e. The summed E-state index contributed by atoms with van der Waals surface area (Å²) >= 11 is 4.14. The van der Waals surface area contributed by atoms with Gasteiger partial charge in [0.1, 0.15) is 0 Å². The van der Waals surface area contributed by atoms with Gasteiger partial charge in [0.2, 0.25) is 5.58 Å². The molecule has 126 valence electrons. The van der Waals surface area contributed by atoms with Crippen molar-refractivity contribution in [2.75, 3.05) is 10.8 Å². The maximum Gasteiger partial charge on any atom is 0.333 e. The third-order valence-electron chi connectivity index (χ3n) is 3.63. The number of fused-ring (bicyclic) bond motifs is 1. The second-order valence-corrected chi connectivity index (χ2v) is 5.83. The monoisotopic (exact) mass is 339 g/mol. The van der Waals surface area contributed by atoms with Crippen molar-refractivity contribution in [3.63, 3.8) is 0 Å². The lowest BCUT2D eigenvalue weighted by Gasteiger charge is -2.13. The zero-order chi connectivity index (χ0) is 16.7. The fraction of sp³-hybridized carbons (Fsp3) is 0.500. The van der Waals surface area contributed by atoms with Crippen LogP contribution in [0.15, 0.2) is 22.7 Å². The molecule has 5 nitrogen and oxygen atoms in total. The molecule has 1 aromatic carbocycles. The van der Waals surface area contributed by atoms with E-state index in [0.717, 1.165) is 17.1 Å². The van der Waals surface area contributed by atoms with E-state index in [9.17, 15) is 9.18 Å². The minimum Gasteiger partial charge on any atom is -0.351 e. The van der Waals surface area contributed by atoms with Gasteiger partial charge in [-0.2, -0.15) is 0 Å². The number of urea groups is 1. The fourth-order valence-corrected chi connectivity index (χ4v) is 2.56. The van der Waals surface area contributed by atoms with Crippen molar-refractivity contribution in [3.8, 4) is 0 Å². The van der Waals surface area contributed by atoms with Gasteiger partial charge in [-0.3, -0.25) is 0 Å². The van der Waals surface area contributed by atoms with E-state index < -0.39 is 11.8 Å². The lowest BCUT2D eigenvalue weighted by atomic mass is 10.1. The number of nitrogens with one attached hydrogen (secondary N) is 1. The van der Waals surface area contributed by atoms with Crippen LogP contribution in [-0.2, 0) is 0 Å². The first kappa shape index (κ1) is 17.6. The van der Waals surface area contributed by atoms with Crippen LogP contribution in [0.5, 0.6) is 0 Å². The normalized spacial score (nSPS) is 10.9. The second kappa shape index (κ2) is 8.76. The molecule has 0 aliphatic rings. The number of thiol groups is 1. The van der Waals surface area contributed by atoms with Gasteiger partial charge < -0.3 is 9.84 Å². The summed E-state index contributed by atoms with van der Waals surface area (Å²) in [6.07, 6.45) is 6.90. The molecule has 0 aliphatic heterocycles. The summed E-state index contributed by atoms with van der Waals surface area (Å²) in [6.45, 7) is 2.76.